The SMILES string of the molecule is CN(C)C1CCN(C2(CN)CCCN(Cc3ccccc3)C2)CC1. The average molecular weight is 331 g/mol. The molecule has 3 rings (SSSR count). The van der Waals surface area contributed by atoms with Crippen molar-refractivity contribution in [2.24, 2.45) is 5.73 Å². The van der Waals surface area contributed by atoms with Crippen LogP contribution < -0.4 is 5.73 Å². The van der Waals surface area contributed by atoms with Gasteiger partial charge in [-0.1, -0.05) is 30.3 Å². The van der Waals surface area contributed by atoms with Crippen LogP contribution in [0.25, 0.3) is 0 Å². The van der Waals surface area contributed by atoms with Gasteiger partial charge in [-0.15, -0.1) is 0 Å². The lowest BCUT2D eigenvalue weighted by Crippen LogP contribution is -2.64. The number of nitrogens with two attached hydrogens (primary N) is 1. The van der Waals surface area contributed by atoms with Gasteiger partial charge < -0.3 is 10.6 Å². The van der Waals surface area contributed by atoms with E-state index in [1.165, 1.54) is 50.9 Å². The molecule has 2 fully saturated rings. The summed E-state index contributed by atoms with van der Waals surface area (Å²) in [5, 5.41) is 0. The second kappa shape index (κ2) is 7.96. The van der Waals surface area contributed by atoms with Crippen molar-refractivity contribution in [2.75, 3.05) is 46.8 Å². The molecule has 0 saturated carbocycles. The molecule has 134 valence electrons. The van der Waals surface area contributed by atoms with Gasteiger partial charge in [-0.25, -0.2) is 0 Å². The smallest absolute Gasteiger partial charge is 0.0459 e. The first kappa shape index (κ1) is 17.9. The van der Waals surface area contributed by atoms with E-state index in [9.17, 15) is 0 Å². The quantitative estimate of drug-likeness (QED) is 0.896. The van der Waals surface area contributed by atoms with E-state index in [0.29, 0.717) is 0 Å². The third-order valence-electron chi connectivity index (χ3n) is 6.13. The van der Waals surface area contributed by atoms with Crippen LogP contribution in [0.5, 0.6) is 0 Å². The Morgan fingerprint density at radius 1 is 1.12 bits per heavy atom. The fraction of sp³-hybridized carbons (Fsp3) is 0.700. The normalized spacial score (nSPS) is 27.7. The summed E-state index contributed by atoms with van der Waals surface area (Å²) in [7, 11) is 4.42. The van der Waals surface area contributed by atoms with Crippen LogP contribution in [0.1, 0.15) is 31.2 Å². The van der Waals surface area contributed by atoms with E-state index in [1.807, 2.05) is 0 Å². The molecule has 0 aliphatic carbocycles. The minimum atomic E-state index is 0.185. The molecule has 0 spiro atoms. The first-order valence-electron chi connectivity index (χ1n) is 9.51. The largest absolute Gasteiger partial charge is 0.329 e. The predicted octanol–water partition coefficient (Wildman–Crippen LogP) is 2.01. The molecule has 0 amide bonds. The maximum absolute atomic E-state index is 6.34. The summed E-state index contributed by atoms with van der Waals surface area (Å²) in [5.41, 5.74) is 7.94. The maximum atomic E-state index is 6.34. The van der Waals surface area contributed by atoms with E-state index >= 15 is 0 Å². The summed E-state index contributed by atoms with van der Waals surface area (Å²) < 4.78 is 0. The van der Waals surface area contributed by atoms with Gasteiger partial charge in [0.1, 0.15) is 0 Å². The van der Waals surface area contributed by atoms with Crippen molar-refractivity contribution in [1.29, 1.82) is 0 Å². The Morgan fingerprint density at radius 3 is 2.46 bits per heavy atom. The molecule has 2 N–H and O–H groups in total. The minimum Gasteiger partial charge on any atom is -0.329 e. The first-order valence-corrected chi connectivity index (χ1v) is 9.51. The number of likely N-dealkylation sites (tertiary alicyclic amines) is 2. The molecule has 4 nitrogen and oxygen atoms in total. The van der Waals surface area contributed by atoms with E-state index in [1.54, 1.807) is 0 Å². The zero-order valence-corrected chi connectivity index (χ0v) is 15.5. The number of hydrogen-bond acceptors (Lipinski definition) is 4. The molecular formula is C20H34N4. The lowest BCUT2D eigenvalue weighted by molar-refractivity contribution is -0.0103. The standard InChI is InChI=1S/C20H34N4/c1-22(2)19-9-13-24(14-10-19)20(16-21)11-6-12-23(17-20)15-18-7-4-3-5-8-18/h3-5,7-8,19H,6,9-17,21H2,1-2H3. The van der Waals surface area contributed by atoms with Gasteiger partial charge in [0, 0.05) is 44.3 Å². The van der Waals surface area contributed by atoms with Crippen LogP contribution in [0.4, 0.5) is 0 Å². The highest BCUT2D eigenvalue weighted by Gasteiger charge is 2.41. The Balaban J connectivity index is 1.64. The van der Waals surface area contributed by atoms with Gasteiger partial charge in [-0.05, 0) is 51.9 Å². The molecule has 0 radical (unpaired) electrons. The Hall–Kier alpha value is -0.940. The van der Waals surface area contributed by atoms with Crippen LogP contribution in [-0.4, -0.2) is 73.1 Å². The number of benzene rings is 1. The summed E-state index contributed by atoms with van der Waals surface area (Å²) >= 11 is 0. The Bertz CT molecular complexity index is 496. The highest BCUT2D eigenvalue weighted by molar-refractivity contribution is 5.15. The molecule has 0 bridgehead atoms. The van der Waals surface area contributed by atoms with Gasteiger partial charge >= 0.3 is 0 Å². The zero-order valence-electron chi connectivity index (χ0n) is 15.5. The fourth-order valence-corrected chi connectivity index (χ4v) is 4.59. The lowest BCUT2D eigenvalue weighted by Gasteiger charge is -2.52. The molecule has 2 heterocycles. The summed E-state index contributed by atoms with van der Waals surface area (Å²) in [6.07, 6.45) is 5.06. The van der Waals surface area contributed by atoms with Crippen molar-refractivity contribution in [3.05, 3.63) is 35.9 Å². The van der Waals surface area contributed by atoms with E-state index in [2.05, 4.69) is 59.1 Å². The van der Waals surface area contributed by atoms with Crippen LogP contribution in [0.3, 0.4) is 0 Å². The lowest BCUT2D eigenvalue weighted by atomic mass is 9.84. The number of piperidine rings is 2. The molecule has 24 heavy (non-hydrogen) atoms. The Labute approximate surface area is 147 Å². The van der Waals surface area contributed by atoms with Gasteiger partial charge in [-0.3, -0.25) is 9.80 Å². The molecule has 1 atom stereocenters. The van der Waals surface area contributed by atoms with Crippen molar-refractivity contribution < 1.29 is 0 Å². The van der Waals surface area contributed by atoms with Crippen molar-refractivity contribution in [1.82, 2.24) is 14.7 Å². The van der Waals surface area contributed by atoms with Gasteiger partial charge in [0.2, 0.25) is 0 Å². The van der Waals surface area contributed by atoms with Gasteiger partial charge in [0.15, 0.2) is 0 Å². The molecular weight excluding hydrogens is 296 g/mol. The molecule has 2 aliphatic heterocycles. The van der Waals surface area contributed by atoms with Crippen LogP contribution in [0.2, 0.25) is 0 Å². The minimum absolute atomic E-state index is 0.185. The first-order chi connectivity index (χ1) is 11.6. The van der Waals surface area contributed by atoms with E-state index in [0.717, 1.165) is 25.7 Å². The summed E-state index contributed by atoms with van der Waals surface area (Å²) in [6, 6.07) is 11.6. The molecule has 1 unspecified atom stereocenters. The average Bonchev–Trinajstić information content (AvgIpc) is 2.63. The second-order valence-corrected chi connectivity index (χ2v) is 7.91. The number of rotatable bonds is 5. The van der Waals surface area contributed by atoms with Gasteiger partial charge in [0.05, 0.1) is 0 Å². The third-order valence-corrected chi connectivity index (χ3v) is 6.13. The van der Waals surface area contributed by atoms with Gasteiger partial charge in [0.25, 0.3) is 0 Å². The molecule has 4 heteroatoms. The summed E-state index contributed by atoms with van der Waals surface area (Å²) in [4.78, 5) is 7.71. The summed E-state index contributed by atoms with van der Waals surface area (Å²) in [6.45, 7) is 6.54. The highest BCUT2D eigenvalue weighted by atomic mass is 15.3. The van der Waals surface area contributed by atoms with E-state index < -0.39 is 0 Å². The van der Waals surface area contributed by atoms with Crippen molar-refractivity contribution in [3.63, 3.8) is 0 Å². The van der Waals surface area contributed by atoms with Crippen molar-refractivity contribution >= 4 is 0 Å². The fourth-order valence-electron chi connectivity index (χ4n) is 4.59. The molecule has 2 saturated heterocycles. The molecule has 1 aromatic rings. The third kappa shape index (κ3) is 3.99. The van der Waals surface area contributed by atoms with Gasteiger partial charge in [-0.2, -0.15) is 0 Å². The van der Waals surface area contributed by atoms with Crippen molar-refractivity contribution in [2.45, 2.75) is 43.8 Å². The van der Waals surface area contributed by atoms with Crippen molar-refractivity contribution in [3.8, 4) is 0 Å². The van der Waals surface area contributed by atoms with Crippen LogP contribution in [0, 0.1) is 0 Å². The molecule has 1 aromatic carbocycles. The molecule has 0 aromatic heterocycles. The van der Waals surface area contributed by atoms with E-state index in [4.69, 9.17) is 5.73 Å². The number of nitrogens with zero attached hydrogens (tertiary/aromatic N) is 3. The Morgan fingerprint density at radius 2 is 1.83 bits per heavy atom. The van der Waals surface area contributed by atoms with Crippen LogP contribution in [0.15, 0.2) is 30.3 Å². The summed E-state index contributed by atoms with van der Waals surface area (Å²) in [5.74, 6) is 0. The van der Waals surface area contributed by atoms with E-state index in [-0.39, 0.29) is 5.54 Å². The predicted molar refractivity (Wildman–Crippen MR) is 101 cm³/mol. The monoisotopic (exact) mass is 330 g/mol. The topological polar surface area (TPSA) is 35.7 Å². The van der Waals surface area contributed by atoms with Crippen LogP contribution in [-0.2, 0) is 6.54 Å². The highest BCUT2D eigenvalue weighted by Crippen LogP contribution is 2.31. The molecule has 2 aliphatic rings. The second-order valence-electron chi connectivity index (χ2n) is 7.91. The van der Waals surface area contributed by atoms with Crippen LogP contribution >= 0.6 is 0 Å². The zero-order chi connectivity index (χ0) is 17.0. The number of hydrogen-bond donors (Lipinski definition) is 1. The maximum Gasteiger partial charge on any atom is 0.0459 e. The Kier molecular flexibility index (Phi) is 5.93.